The number of rotatable bonds is 5. The lowest BCUT2D eigenvalue weighted by atomic mass is 10.3. The molecule has 0 amide bonds. The van der Waals surface area contributed by atoms with E-state index in [1.54, 1.807) is 0 Å². The van der Waals surface area contributed by atoms with Crippen molar-refractivity contribution in [3.63, 3.8) is 0 Å². The van der Waals surface area contributed by atoms with Crippen LogP contribution in [-0.2, 0) is 12.8 Å². The van der Waals surface area contributed by atoms with Crippen LogP contribution >= 0.6 is 0 Å². The Morgan fingerprint density at radius 2 is 2.18 bits per heavy atom. The van der Waals surface area contributed by atoms with E-state index in [4.69, 9.17) is 4.52 Å². The largest absolute Gasteiger partial charge is 0.367 e. The van der Waals surface area contributed by atoms with Crippen LogP contribution in [0.5, 0.6) is 0 Å². The van der Waals surface area contributed by atoms with Gasteiger partial charge in [-0.3, -0.25) is 0 Å². The summed E-state index contributed by atoms with van der Waals surface area (Å²) >= 11 is 0. The fourth-order valence-corrected chi connectivity index (χ4v) is 1.37. The van der Waals surface area contributed by atoms with Crippen molar-refractivity contribution in [3.8, 4) is 0 Å². The van der Waals surface area contributed by atoms with Crippen LogP contribution in [0, 0.1) is 5.82 Å². The summed E-state index contributed by atoms with van der Waals surface area (Å²) in [6.07, 6.45) is 3.73. The smallest absolute Gasteiger partial charge is 0.228 e. The molecular formula is C10H12FN5O. The lowest BCUT2D eigenvalue weighted by Gasteiger charge is -2.06. The molecule has 0 atom stereocenters. The molecule has 7 heteroatoms. The SMILES string of the molecule is CCc1ncnc(NCCc2ncno2)c1F. The van der Waals surface area contributed by atoms with Gasteiger partial charge in [0.25, 0.3) is 0 Å². The summed E-state index contributed by atoms with van der Waals surface area (Å²) in [4.78, 5) is 11.5. The Morgan fingerprint density at radius 3 is 2.88 bits per heavy atom. The second-order valence-electron chi connectivity index (χ2n) is 3.35. The summed E-state index contributed by atoms with van der Waals surface area (Å²) in [5.41, 5.74) is 0.403. The normalized spacial score (nSPS) is 10.5. The molecule has 17 heavy (non-hydrogen) atoms. The third kappa shape index (κ3) is 2.74. The number of aryl methyl sites for hydroxylation is 1. The van der Waals surface area contributed by atoms with E-state index in [9.17, 15) is 4.39 Å². The molecule has 0 spiro atoms. The first-order valence-corrected chi connectivity index (χ1v) is 5.30. The quantitative estimate of drug-likeness (QED) is 0.842. The maximum Gasteiger partial charge on any atom is 0.228 e. The van der Waals surface area contributed by atoms with Gasteiger partial charge in [0.15, 0.2) is 18.0 Å². The van der Waals surface area contributed by atoms with E-state index in [2.05, 4.69) is 25.4 Å². The fraction of sp³-hybridized carbons (Fsp3) is 0.400. The Hall–Kier alpha value is -2.05. The van der Waals surface area contributed by atoms with Crippen molar-refractivity contribution in [1.82, 2.24) is 20.1 Å². The van der Waals surface area contributed by atoms with Crippen LogP contribution in [0.3, 0.4) is 0 Å². The van der Waals surface area contributed by atoms with E-state index in [0.717, 1.165) is 0 Å². The van der Waals surface area contributed by atoms with Crippen molar-refractivity contribution in [2.45, 2.75) is 19.8 Å². The lowest BCUT2D eigenvalue weighted by Crippen LogP contribution is -2.10. The molecule has 0 unspecified atom stereocenters. The Labute approximate surface area is 97.3 Å². The lowest BCUT2D eigenvalue weighted by molar-refractivity contribution is 0.379. The average molecular weight is 237 g/mol. The molecule has 0 aliphatic carbocycles. The molecule has 0 radical (unpaired) electrons. The second-order valence-corrected chi connectivity index (χ2v) is 3.35. The minimum absolute atomic E-state index is 0.205. The van der Waals surface area contributed by atoms with E-state index in [-0.39, 0.29) is 5.82 Å². The van der Waals surface area contributed by atoms with Crippen LogP contribution < -0.4 is 5.32 Å². The topological polar surface area (TPSA) is 76.7 Å². The highest BCUT2D eigenvalue weighted by Crippen LogP contribution is 2.12. The monoisotopic (exact) mass is 237 g/mol. The highest BCUT2D eigenvalue weighted by molar-refractivity contribution is 5.37. The van der Waals surface area contributed by atoms with Gasteiger partial charge in [-0.15, -0.1) is 0 Å². The molecule has 0 aromatic carbocycles. The summed E-state index contributed by atoms with van der Waals surface area (Å²) in [7, 11) is 0. The van der Waals surface area contributed by atoms with E-state index < -0.39 is 5.82 Å². The third-order valence-corrected chi connectivity index (χ3v) is 2.23. The van der Waals surface area contributed by atoms with Crippen molar-refractivity contribution in [1.29, 1.82) is 0 Å². The standard InChI is InChI=1S/C10H12FN5O/c1-2-7-9(11)10(15-5-13-7)12-4-3-8-14-6-16-17-8/h5-6H,2-4H2,1H3,(H,12,13,15). The van der Waals surface area contributed by atoms with E-state index in [1.807, 2.05) is 6.92 Å². The maximum atomic E-state index is 13.7. The Bertz CT molecular complexity index is 474. The summed E-state index contributed by atoms with van der Waals surface area (Å²) in [5, 5.41) is 6.35. The Morgan fingerprint density at radius 1 is 1.29 bits per heavy atom. The van der Waals surface area contributed by atoms with Gasteiger partial charge in [-0.05, 0) is 6.42 Å². The number of anilines is 1. The highest BCUT2D eigenvalue weighted by Gasteiger charge is 2.09. The first kappa shape index (κ1) is 11.4. The first-order valence-electron chi connectivity index (χ1n) is 5.30. The zero-order valence-electron chi connectivity index (χ0n) is 9.35. The first-order chi connectivity index (χ1) is 8.31. The minimum atomic E-state index is -0.402. The summed E-state index contributed by atoms with van der Waals surface area (Å²) in [5.74, 6) is 0.305. The van der Waals surface area contributed by atoms with E-state index in [1.165, 1.54) is 12.7 Å². The van der Waals surface area contributed by atoms with Crippen molar-refractivity contribution in [2.75, 3.05) is 11.9 Å². The molecule has 1 N–H and O–H groups in total. The van der Waals surface area contributed by atoms with Crippen LogP contribution in [0.15, 0.2) is 17.2 Å². The molecule has 2 aromatic heterocycles. The van der Waals surface area contributed by atoms with Gasteiger partial charge in [0.1, 0.15) is 6.33 Å². The molecule has 0 bridgehead atoms. The van der Waals surface area contributed by atoms with Crippen molar-refractivity contribution >= 4 is 5.82 Å². The average Bonchev–Trinajstić information content (AvgIpc) is 2.84. The van der Waals surface area contributed by atoms with Gasteiger partial charge in [-0.25, -0.2) is 14.4 Å². The second kappa shape index (κ2) is 5.33. The molecule has 2 aromatic rings. The molecular weight excluding hydrogens is 225 g/mol. The summed E-state index contributed by atoms with van der Waals surface area (Å²) in [6, 6.07) is 0. The summed E-state index contributed by atoms with van der Waals surface area (Å²) in [6.45, 7) is 2.31. The van der Waals surface area contributed by atoms with Gasteiger partial charge in [0.2, 0.25) is 5.89 Å². The van der Waals surface area contributed by atoms with Crippen LogP contribution in [0.2, 0.25) is 0 Å². The predicted octanol–water partition coefficient (Wildman–Crippen LogP) is 1.22. The van der Waals surface area contributed by atoms with E-state index >= 15 is 0 Å². The van der Waals surface area contributed by atoms with Crippen LogP contribution in [0.25, 0.3) is 0 Å². The Balaban J connectivity index is 1.95. The molecule has 2 rings (SSSR count). The molecule has 0 aliphatic rings. The van der Waals surface area contributed by atoms with E-state index in [0.29, 0.717) is 31.0 Å². The molecule has 0 saturated carbocycles. The molecule has 90 valence electrons. The predicted molar refractivity (Wildman–Crippen MR) is 57.9 cm³/mol. The molecule has 0 fully saturated rings. The van der Waals surface area contributed by atoms with Crippen LogP contribution in [0.1, 0.15) is 18.5 Å². The number of halogens is 1. The number of hydrogen-bond acceptors (Lipinski definition) is 6. The minimum Gasteiger partial charge on any atom is -0.367 e. The van der Waals surface area contributed by atoms with Crippen molar-refractivity contribution in [2.24, 2.45) is 0 Å². The number of nitrogens with zero attached hydrogens (tertiary/aromatic N) is 4. The number of nitrogens with one attached hydrogen (secondary N) is 1. The zero-order valence-corrected chi connectivity index (χ0v) is 9.35. The summed E-state index contributed by atoms with van der Waals surface area (Å²) < 4.78 is 18.5. The van der Waals surface area contributed by atoms with Crippen molar-refractivity contribution in [3.05, 3.63) is 30.1 Å². The van der Waals surface area contributed by atoms with Gasteiger partial charge in [-0.1, -0.05) is 12.1 Å². The zero-order chi connectivity index (χ0) is 12.1. The fourth-order valence-electron chi connectivity index (χ4n) is 1.37. The van der Waals surface area contributed by atoms with Crippen LogP contribution in [0.4, 0.5) is 10.2 Å². The number of hydrogen-bond donors (Lipinski definition) is 1. The van der Waals surface area contributed by atoms with Gasteiger partial charge >= 0.3 is 0 Å². The van der Waals surface area contributed by atoms with Gasteiger partial charge < -0.3 is 9.84 Å². The molecule has 6 nitrogen and oxygen atoms in total. The molecule has 2 heterocycles. The third-order valence-electron chi connectivity index (χ3n) is 2.23. The van der Waals surface area contributed by atoms with Crippen molar-refractivity contribution < 1.29 is 8.91 Å². The maximum absolute atomic E-state index is 13.7. The van der Waals surface area contributed by atoms with Gasteiger partial charge in [0.05, 0.1) is 5.69 Å². The molecule has 0 saturated heterocycles. The van der Waals surface area contributed by atoms with Gasteiger partial charge in [0, 0.05) is 13.0 Å². The highest BCUT2D eigenvalue weighted by atomic mass is 19.1. The Kier molecular flexibility index (Phi) is 3.59. The van der Waals surface area contributed by atoms with Crippen LogP contribution in [-0.4, -0.2) is 26.7 Å². The van der Waals surface area contributed by atoms with Gasteiger partial charge in [-0.2, -0.15) is 4.98 Å². The number of aromatic nitrogens is 4. The molecule has 0 aliphatic heterocycles.